The third-order valence-corrected chi connectivity index (χ3v) is 4.51. The summed E-state index contributed by atoms with van der Waals surface area (Å²) in [6.45, 7) is 9.73. The topological polar surface area (TPSA) is 49.0 Å². The van der Waals surface area contributed by atoms with Crippen LogP contribution in [0.3, 0.4) is 0 Å². The second-order valence-corrected chi connectivity index (χ2v) is 6.99. The van der Waals surface area contributed by atoms with E-state index in [-0.39, 0.29) is 5.56 Å². The molecule has 1 N–H and O–H groups in total. The molecule has 0 fully saturated rings. The van der Waals surface area contributed by atoms with Crippen LogP contribution in [0.5, 0.6) is 0 Å². The Kier molecular flexibility index (Phi) is 5.00. The normalized spacial score (nSPS) is 11.8. The van der Waals surface area contributed by atoms with Crippen LogP contribution in [0, 0.1) is 0 Å². The maximum atomic E-state index is 12.3. The number of para-hydroxylation sites is 1. The standard InChI is InChI=1S/C21H25N3O/c1-14(2)24(15(3)4)13-16-8-7-9-17(12-16)20-22-19-11-6-5-10-18(19)21(25)23-20/h5-12,14-15H,13H2,1-4H3,(H,22,23,25). The minimum atomic E-state index is -0.100. The van der Waals surface area contributed by atoms with Crippen molar-refractivity contribution in [3.63, 3.8) is 0 Å². The molecule has 130 valence electrons. The van der Waals surface area contributed by atoms with E-state index in [2.05, 4.69) is 54.7 Å². The highest BCUT2D eigenvalue weighted by molar-refractivity contribution is 5.79. The molecule has 0 radical (unpaired) electrons. The number of hydrogen-bond acceptors (Lipinski definition) is 3. The molecule has 2 aromatic carbocycles. The molecule has 25 heavy (non-hydrogen) atoms. The summed E-state index contributed by atoms with van der Waals surface area (Å²) in [5.41, 5.74) is 2.78. The van der Waals surface area contributed by atoms with Crippen LogP contribution in [0.1, 0.15) is 33.3 Å². The predicted octanol–water partition coefficient (Wildman–Crippen LogP) is 4.21. The van der Waals surface area contributed by atoms with E-state index in [0.717, 1.165) is 17.6 Å². The third kappa shape index (κ3) is 3.80. The van der Waals surface area contributed by atoms with Gasteiger partial charge in [-0.15, -0.1) is 0 Å². The SMILES string of the molecule is CC(C)N(Cc1cccc(-c2nc3ccccc3c(=O)[nH]2)c1)C(C)C. The van der Waals surface area contributed by atoms with E-state index in [1.807, 2.05) is 30.3 Å². The van der Waals surface area contributed by atoms with Gasteiger partial charge < -0.3 is 4.98 Å². The molecular formula is C21H25N3O. The second-order valence-electron chi connectivity index (χ2n) is 6.99. The van der Waals surface area contributed by atoms with Crippen LogP contribution in [0.2, 0.25) is 0 Å². The van der Waals surface area contributed by atoms with Crippen LogP contribution in [0.4, 0.5) is 0 Å². The van der Waals surface area contributed by atoms with Gasteiger partial charge in [-0.1, -0.05) is 30.3 Å². The van der Waals surface area contributed by atoms with Crippen molar-refractivity contribution in [2.24, 2.45) is 0 Å². The fourth-order valence-electron chi connectivity index (χ4n) is 3.21. The Morgan fingerprint density at radius 2 is 1.72 bits per heavy atom. The molecule has 0 aliphatic heterocycles. The van der Waals surface area contributed by atoms with Gasteiger partial charge in [0.1, 0.15) is 5.82 Å². The lowest BCUT2D eigenvalue weighted by atomic mass is 10.1. The van der Waals surface area contributed by atoms with E-state index in [9.17, 15) is 4.79 Å². The molecule has 0 bridgehead atoms. The number of H-pyrrole nitrogens is 1. The quantitative estimate of drug-likeness (QED) is 0.760. The molecule has 1 aromatic heterocycles. The van der Waals surface area contributed by atoms with Gasteiger partial charge in [-0.05, 0) is 51.5 Å². The Hall–Kier alpha value is -2.46. The summed E-state index contributed by atoms with van der Waals surface area (Å²) in [5.74, 6) is 0.617. The Balaban J connectivity index is 1.98. The number of hydrogen-bond donors (Lipinski definition) is 1. The average Bonchev–Trinajstić information content (AvgIpc) is 2.59. The zero-order valence-corrected chi connectivity index (χ0v) is 15.3. The highest BCUT2D eigenvalue weighted by Crippen LogP contribution is 2.20. The third-order valence-electron chi connectivity index (χ3n) is 4.51. The molecule has 0 aliphatic carbocycles. The van der Waals surface area contributed by atoms with Crippen LogP contribution in [-0.4, -0.2) is 27.0 Å². The summed E-state index contributed by atoms with van der Waals surface area (Å²) in [5, 5.41) is 0.619. The van der Waals surface area contributed by atoms with Crippen molar-refractivity contribution < 1.29 is 0 Å². The van der Waals surface area contributed by atoms with Crippen molar-refractivity contribution >= 4 is 10.9 Å². The number of aromatic amines is 1. The van der Waals surface area contributed by atoms with Gasteiger partial charge in [-0.3, -0.25) is 9.69 Å². The van der Waals surface area contributed by atoms with Crippen molar-refractivity contribution in [1.82, 2.24) is 14.9 Å². The van der Waals surface area contributed by atoms with Crippen LogP contribution in [0.15, 0.2) is 53.3 Å². The molecule has 0 saturated carbocycles. The molecule has 3 rings (SSSR count). The molecular weight excluding hydrogens is 310 g/mol. The number of fused-ring (bicyclic) bond motifs is 1. The molecule has 1 heterocycles. The monoisotopic (exact) mass is 335 g/mol. The molecule has 4 heteroatoms. The zero-order valence-electron chi connectivity index (χ0n) is 15.3. The summed E-state index contributed by atoms with van der Waals surface area (Å²) in [6, 6.07) is 16.6. The van der Waals surface area contributed by atoms with Gasteiger partial charge >= 0.3 is 0 Å². The summed E-state index contributed by atoms with van der Waals surface area (Å²) in [7, 11) is 0. The molecule has 0 spiro atoms. The summed E-state index contributed by atoms with van der Waals surface area (Å²) < 4.78 is 0. The van der Waals surface area contributed by atoms with Crippen LogP contribution >= 0.6 is 0 Å². The lowest BCUT2D eigenvalue weighted by Gasteiger charge is -2.30. The number of rotatable bonds is 5. The van der Waals surface area contributed by atoms with Crippen molar-refractivity contribution in [3.05, 3.63) is 64.4 Å². The van der Waals surface area contributed by atoms with E-state index in [1.54, 1.807) is 6.07 Å². The molecule has 0 unspecified atom stereocenters. The maximum Gasteiger partial charge on any atom is 0.259 e. The van der Waals surface area contributed by atoms with Crippen molar-refractivity contribution in [1.29, 1.82) is 0 Å². The molecule has 0 atom stereocenters. The first-order valence-electron chi connectivity index (χ1n) is 8.80. The zero-order chi connectivity index (χ0) is 18.0. The van der Waals surface area contributed by atoms with Gasteiger partial charge in [0, 0.05) is 24.2 Å². The molecule has 0 aliphatic rings. The number of aromatic nitrogens is 2. The fourth-order valence-corrected chi connectivity index (χ4v) is 3.21. The molecule has 3 aromatic rings. The average molecular weight is 335 g/mol. The lowest BCUT2D eigenvalue weighted by molar-refractivity contribution is 0.166. The minimum absolute atomic E-state index is 0.100. The van der Waals surface area contributed by atoms with E-state index >= 15 is 0 Å². The first-order valence-corrected chi connectivity index (χ1v) is 8.80. The summed E-state index contributed by atoms with van der Waals surface area (Å²) in [6.07, 6.45) is 0. The van der Waals surface area contributed by atoms with E-state index < -0.39 is 0 Å². The van der Waals surface area contributed by atoms with Crippen molar-refractivity contribution in [2.75, 3.05) is 0 Å². The van der Waals surface area contributed by atoms with Gasteiger partial charge in [0.2, 0.25) is 0 Å². The highest BCUT2D eigenvalue weighted by atomic mass is 16.1. The van der Waals surface area contributed by atoms with E-state index in [4.69, 9.17) is 0 Å². The van der Waals surface area contributed by atoms with Gasteiger partial charge in [-0.2, -0.15) is 0 Å². The smallest absolute Gasteiger partial charge is 0.259 e. The van der Waals surface area contributed by atoms with Gasteiger partial charge in [-0.25, -0.2) is 4.98 Å². The maximum absolute atomic E-state index is 12.3. The fraction of sp³-hybridized carbons (Fsp3) is 0.333. The Labute approximate surface area is 148 Å². The Bertz CT molecular complexity index is 920. The van der Waals surface area contributed by atoms with Crippen LogP contribution in [0.25, 0.3) is 22.3 Å². The summed E-state index contributed by atoms with van der Waals surface area (Å²) >= 11 is 0. The van der Waals surface area contributed by atoms with Gasteiger partial charge in [0.15, 0.2) is 0 Å². The first-order chi connectivity index (χ1) is 12.0. The minimum Gasteiger partial charge on any atom is -0.306 e. The number of nitrogens with one attached hydrogen (secondary N) is 1. The van der Waals surface area contributed by atoms with Crippen molar-refractivity contribution in [2.45, 2.75) is 46.3 Å². The van der Waals surface area contributed by atoms with Crippen LogP contribution in [-0.2, 0) is 6.54 Å². The number of benzene rings is 2. The largest absolute Gasteiger partial charge is 0.306 e. The molecule has 0 saturated heterocycles. The summed E-state index contributed by atoms with van der Waals surface area (Å²) in [4.78, 5) is 22.3. The van der Waals surface area contributed by atoms with Gasteiger partial charge in [0.25, 0.3) is 5.56 Å². The highest BCUT2D eigenvalue weighted by Gasteiger charge is 2.14. The van der Waals surface area contributed by atoms with Crippen molar-refractivity contribution in [3.8, 4) is 11.4 Å². The molecule has 4 nitrogen and oxygen atoms in total. The lowest BCUT2D eigenvalue weighted by Crippen LogP contribution is -2.36. The number of nitrogens with zero attached hydrogens (tertiary/aromatic N) is 2. The molecule has 0 amide bonds. The van der Waals surface area contributed by atoms with Gasteiger partial charge in [0.05, 0.1) is 10.9 Å². The Morgan fingerprint density at radius 3 is 2.44 bits per heavy atom. The first kappa shape index (κ1) is 17.4. The second kappa shape index (κ2) is 7.19. The van der Waals surface area contributed by atoms with E-state index in [1.165, 1.54) is 5.56 Å². The Morgan fingerprint density at radius 1 is 1.00 bits per heavy atom. The van der Waals surface area contributed by atoms with Crippen LogP contribution < -0.4 is 5.56 Å². The van der Waals surface area contributed by atoms with E-state index in [0.29, 0.717) is 23.3 Å². The predicted molar refractivity (Wildman–Crippen MR) is 104 cm³/mol.